The van der Waals surface area contributed by atoms with Gasteiger partial charge in [0.25, 0.3) is 11.8 Å². The molecule has 138 valence electrons. The molecule has 8 heteroatoms. The molecule has 0 unspecified atom stereocenters. The molecule has 2 N–H and O–H groups in total. The van der Waals surface area contributed by atoms with Gasteiger partial charge in [0.15, 0.2) is 11.6 Å². The van der Waals surface area contributed by atoms with Gasteiger partial charge in [0, 0.05) is 0 Å². The molecule has 2 aromatic heterocycles. The van der Waals surface area contributed by atoms with Crippen LogP contribution in [-0.2, 0) is 11.3 Å². The molecule has 0 bridgehead atoms. The molecule has 0 radical (unpaired) electrons. The summed E-state index contributed by atoms with van der Waals surface area (Å²) in [7, 11) is 0. The van der Waals surface area contributed by atoms with Gasteiger partial charge in [-0.2, -0.15) is 4.98 Å². The van der Waals surface area contributed by atoms with Gasteiger partial charge in [-0.3, -0.25) is 4.79 Å². The van der Waals surface area contributed by atoms with E-state index in [9.17, 15) is 4.79 Å². The van der Waals surface area contributed by atoms with Crippen LogP contribution in [0, 0.1) is 0 Å². The van der Waals surface area contributed by atoms with E-state index in [1.807, 2.05) is 24.3 Å². The Labute approximate surface area is 155 Å². The van der Waals surface area contributed by atoms with Crippen LogP contribution in [0.4, 0.5) is 11.4 Å². The van der Waals surface area contributed by atoms with E-state index in [2.05, 4.69) is 20.8 Å². The fraction of sp³-hybridized carbons (Fsp3) is 0.316. The van der Waals surface area contributed by atoms with Crippen LogP contribution < -0.4 is 15.5 Å². The number of carbonyl (C=O) groups excluding carboxylic acids is 1. The highest BCUT2D eigenvalue weighted by Crippen LogP contribution is 2.39. The van der Waals surface area contributed by atoms with E-state index in [-0.39, 0.29) is 12.5 Å². The summed E-state index contributed by atoms with van der Waals surface area (Å²) >= 11 is 0. The van der Waals surface area contributed by atoms with E-state index in [0.717, 1.165) is 37.3 Å². The zero-order valence-electron chi connectivity index (χ0n) is 14.6. The van der Waals surface area contributed by atoms with Crippen molar-refractivity contribution in [3.63, 3.8) is 0 Å². The molecule has 1 aromatic carbocycles. The Morgan fingerprint density at radius 3 is 2.81 bits per heavy atom. The van der Waals surface area contributed by atoms with Crippen LogP contribution in [0.15, 0.2) is 51.6 Å². The number of hydrogen-bond donors (Lipinski definition) is 2. The third-order valence-electron chi connectivity index (χ3n) is 5.18. The van der Waals surface area contributed by atoms with Crippen LogP contribution in [0.1, 0.15) is 18.7 Å². The summed E-state index contributed by atoms with van der Waals surface area (Å²) < 4.78 is 10.6. The van der Waals surface area contributed by atoms with Crippen LogP contribution in [0.5, 0.6) is 0 Å². The molecule has 4 heterocycles. The first-order valence-corrected chi connectivity index (χ1v) is 9.02. The molecule has 8 nitrogen and oxygen atoms in total. The Hall–Kier alpha value is -3.13. The van der Waals surface area contributed by atoms with Crippen LogP contribution in [-0.4, -0.2) is 34.7 Å². The number of furan rings is 1. The van der Waals surface area contributed by atoms with Crippen molar-refractivity contribution in [3.05, 3.63) is 48.5 Å². The van der Waals surface area contributed by atoms with Gasteiger partial charge in [-0.1, -0.05) is 17.3 Å². The number of carbonyl (C=O) groups is 1. The summed E-state index contributed by atoms with van der Waals surface area (Å²) in [4.78, 5) is 19.6. The van der Waals surface area contributed by atoms with Crippen molar-refractivity contribution in [2.75, 3.05) is 23.3 Å². The molecule has 27 heavy (non-hydrogen) atoms. The van der Waals surface area contributed by atoms with Gasteiger partial charge in [0.2, 0.25) is 0 Å². The average Bonchev–Trinajstić information content (AvgIpc) is 3.38. The highest BCUT2D eigenvalue weighted by atomic mass is 16.5. The molecule has 3 aromatic rings. The number of hydrogen-bond acceptors (Lipinski definition) is 7. The van der Waals surface area contributed by atoms with Gasteiger partial charge < -0.3 is 24.5 Å². The summed E-state index contributed by atoms with van der Waals surface area (Å²) in [6.07, 6.45) is 3.03. The Kier molecular flexibility index (Phi) is 3.71. The number of para-hydroxylation sites is 2. The molecule has 0 saturated carbocycles. The van der Waals surface area contributed by atoms with Gasteiger partial charge in [-0.15, -0.1) is 0 Å². The highest BCUT2D eigenvalue weighted by Gasteiger charge is 2.46. The van der Waals surface area contributed by atoms with E-state index in [0.29, 0.717) is 17.5 Å². The lowest BCUT2D eigenvalue weighted by Gasteiger charge is -2.45. The van der Waals surface area contributed by atoms with Crippen molar-refractivity contribution < 1.29 is 13.7 Å². The molecule has 5 rings (SSSR count). The largest absolute Gasteiger partial charge is 0.459 e. The number of anilines is 2. The minimum absolute atomic E-state index is 0.0482. The molecule has 1 fully saturated rings. The Bertz CT molecular complexity index is 959. The predicted molar refractivity (Wildman–Crippen MR) is 98.1 cm³/mol. The number of aromatic nitrogens is 2. The fourth-order valence-electron chi connectivity index (χ4n) is 3.80. The second-order valence-electron chi connectivity index (χ2n) is 6.86. The van der Waals surface area contributed by atoms with E-state index < -0.39 is 5.54 Å². The van der Waals surface area contributed by atoms with E-state index in [1.54, 1.807) is 23.3 Å². The van der Waals surface area contributed by atoms with E-state index >= 15 is 0 Å². The smallest absolute Gasteiger partial charge is 0.293 e. The molecular weight excluding hydrogens is 346 g/mol. The lowest BCUT2D eigenvalue weighted by Crippen LogP contribution is -2.61. The third kappa shape index (κ3) is 2.69. The lowest BCUT2D eigenvalue weighted by molar-refractivity contribution is -0.124. The van der Waals surface area contributed by atoms with E-state index in [4.69, 9.17) is 8.94 Å². The number of piperidine rings is 1. The average molecular weight is 365 g/mol. The minimum Gasteiger partial charge on any atom is -0.459 e. The predicted octanol–water partition coefficient (Wildman–Crippen LogP) is 2.41. The zero-order valence-corrected chi connectivity index (χ0v) is 14.6. The van der Waals surface area contributed by atoms with Gasteiger partial charge in [0.1, 0.15) is 5.54 Å². The summed E-state index contributed by atoms with van der Waals surface area (Å²) in [5, 5.41) is 10.9. The second kappa shape index (κ2) is 6.24. The molecular formula is C19H19N5O3. The molecule has 1 saturated heterocycles. The van der Waals surface area contributed by atoms with Crippen molar-refractivity contribution in [2.24, 2.45) is 0 Å². The van der Waals surface area contributed by atoms with Crippen molar-refractivity contribution in [3.8, 4) is 11.7 Å². The minimum atomic E-state index is -0.590. The second-order valence-corrected chi connectivity index (χ2v) is 6.86. The molecule has 2 aliphatic rings. The normalized spacial score (nSPS) is 18.4. The summed E-state index contributed by atoms with van der Waals surface area (Å²) in [6, 6.07) is 11.3. The topological polar surface area (TPSA) is 96.4 Å². The first-order chi connectivity index (χ1) is 13.3. The Morgan fingerprint density at radius 2 is 2.00 bits per heavy atom. The highest BCUT2D eigenvalue weighted by molar-refractivity contribution is 6.07. The third-order valence-corrected chi connectivity index (χ3v) is 5.18. The molecule has 1 spiro atoms. The van der Waals surface area contributed by atoms with Crippen LogP contribution in [0.3, 0.4) is 0 Å². The van der Waals surface area contributed by atoms with Gasteiger partial charge in [-0.05, 0) is 50.2 Å². The maximum atomic E-state index is 13.4. The van der Waals surface area contributed by atoms with Crippen molar-refractivity contribution >= 4 is 17.3 Å². The van der Waals surface area contributed by atoms with Crippen molar-refractivity contribution in [2.45, 2.75) is 24.9 Å². The summed E-state index contributed by atoms with van der Waals surface area (Å²) in [6.45, 7) is 1.86. The Morgan fingerprint density at radius 1 is 1.15 bits per heavy atom. The molecule has 2 aliphatic heterocycles. The van der Waals surface area contributed by atoms with Crippen LogP contribution in [0.25, 0.3) is 11.7 Å². The number of rotatable bonds is 3. The summed E-state index contributed by atoms with van der Waals surface area (Å²) in [5.41, 5.74) is 1.19. The van der Waals surface area contributed by atoms with Crippen LogP contribution in [0.2, 0.25) is 0 Å². The quantitative estimate of drug-likeness (QED) is 0.736. The number of fused-ring (bicyclic) bond motifs is 1. The monoisotopic (exact) mass is 365 g/mol. The number of nitrogens with one attached hydrogen (secondary N) is 2. The van der Waals surface area contributed by atoms with E-state index in [1.165, 1.54) is 0 Å². The maximum absolute atomic E-state index is 13.4. The van der Waals surface area contributed by atoms with Gasteiger partial charge in [0.05, 0.1) is 24.2 Å². The fourth-order valence-corrected chi connectivity index (χ4v) is 3.80. The SMILES string of the molecule is O=C1N(Cc2noc(-c3ccco3)n2)c2ccccc2NC12CCNCC2. The van der Waals surface area contributed by atoms with Crippen LogP contribution >= 0.6 is 0 Å². The van der Waals surface area contributed by atoms with Gasteiger partial charge >= 0.3 is 0 Å². The zero-order chi connectivity index (χ0) is 18.3. The standard InChI is InChI=1S/C19H19N5O3/c25-18-19(7-9-20-10-8-19)22-13-4-1-2-5-14(13)24(18)12-16-21-17(27-23-16)15-6-3-11-26-15/h1-6,11,20,22H,7-10,12H2. The lowest BCUT2D eigenvalue weighted by atomic mass is 9.84. The summed E-state index contributed by atoms with van der Waals surface area (Å²) in [5.74, 6) is 1.31. The molecule has 1 amide bonds. The number of amides is 1. The van der Waals surface area contributed by atoms with Gasteiger partial charge in [-0.25, -0.2) is 0 Å². The Balaban J connectivity index is 1.49. The molecule has 0 atom stereocenters. The maximum Gasteiger partial charge on any atom is 0.293 e. The first kappa shape index (κ1) is 16.1. The van der Waals surface area contributed by atoms with Crippen molar-refractivity contribution in [1.82, 2.24) is 15.5 Å². The first-order valence-electron chi connectivity index (χ1n) is 9.02. The van der Waals surface area contributed by atoms with Crippen molar-refractivity contribution in [1.29, 1.82) is 0 Å². The number of nitrogens with zero attached hydrogens (tertiary/aromatic N) is 3. The number of benzene rings is 1. The molecule has 0 aliphatic carbocycles.